The topological polar surface area (TPSA) is 64.5 Å². The molecule has 0 radical (unpaired) electrons. The fourth-order valence-corrected chi connectivity index (χ4v) is 5.11. The third-order valence-electron chi connectivity index (χ3n) is 6.98. The van der Waals surface area contributed by atoms with E-state index in [0.717, 1.165) is 44.8 Å². The summed E-state index contributed by atoms with van der Waals surface area (Å²) in [5.41, 5.74) is 6.91. The van der Waals surface area contributed by atoms with Gasteiger partial charge in [0.2, 0.25) is 0 Å². The molecule has 0 unspecified atom stereocenters. The second-order valence-electron chi connectivity index (χ2n) is 9.96. The molecular formula is C37H24ClN5. The van der Waals surface area contributed by atoms with E-state index in [-0.39, 0.29) is 0 Å². The van der Waals surface area contributed by atoms with Gasteiger partial charge >= 0.3 is 0 Å². The molecule has 0 spiro atoms. The molecule has 0 atom stereocenters. The van der Waals surface area contributed by atoms with Gasteiger partial charge in [0.1, 0.15) is 0 Å². The van der Waals surface area contributed by atoms with Gasteiger partial charge in [-0.3, -0.25) is 0 Å². The predicted octanol–water partition coefficient (Wildman–Crippen LogP) is 9.32. The minimum absolute atomic E-state index is 0.525. The van der Waals surface area contributed by atoms with Crippen LogP contribution in [0.1, 0.15) is 0 Å². The standard InChI is InChI=1S/C37H24ClN5/c38-31-22-29(33-24-32(25-13-5-1-6-14-25)39-34(40-33)26-15-7-2-8-16-26)21-30(23-31)37-42-35(27-17-9-3-10-18-27)41-36(43-37)28-19-11-4-12-20-28/h1-24H. The zero-order valence-corrected chi connectivity index (χ0v) is 23.7. The van der Waals surface area contributed by atoms with E-state index >= 15 is 0 Å². The van der Waals surface area contributed by atoms with Crippen LogP contribution in [0.4, 0.5) is 0 Å². The Balaban J connectivity index is 1.40. The van der Waals surface area contributed by atoms with Crippen LogP contribution in [0, 0.1) is 0 Å². The number of hydrogen-bond donors (Lipinski definition) is 0. The smallest absolute Gasteiger partial charge is 0.164 e. The molecule has 204 valence electrons. The summed E-state index contributed by atoms with van der Waals surface area (Å²) >= 11 is 6.76. The molecule has 5 nitrogen and oxygen atoms in total. The molecule has 0 bridgehead atoms. The fourth-order valence-electron chi connectivity index (χ4n) is 4.87. The van der Waals surface area contributed by atoms with E-state index < -0.39 is 0 Å². The summed E-state index contributed by atoms with van der Waals surface area (Å²) in [6.07, 6.45) is 0. The van der Waals surface area contributed by atoms with Gasteiger partial charge in [-0.15, -0.1) is 0 Å². The number of aromatic nitrogens is 5. The van der Waals surface area contributed by atoms with Gasteiger partial charge in [0, 0.05) is 38.4 Å². The first-order valence-electron chi connectivity index (χ1n) is 13.9. The molecule has 7 rings (SSSR count). The average molecular weight is 574 g/mol. The molecular weight excluding hydrogens is 550 g/mol. The molecule has 0 aliphatic rings. The fraction of sp³-hybridized carbons (Fsp3) is 0. The molecule has 0 N–H and O–H groups in total. The summed E-state index contributed by atoms with van der Waals surface area (Å²) in [4.78, 5) is 24.5. The van der Waals surface area contributed by atoms with Gasteiger partial charge in [-0.05, 0) is 24.3 Å². The van der Waals surface area contributed by atoms with Crippen molar-refractivity contribution in [3.05, 3.63) is 151 Å². The number of hydrogen-bond acceptors (Lipinski definition) is 5. The average Bonchev–Trinajstić information content (AvgIpc) is 3.09. The number of nitrogens with zero attached hydrogens (tertiary/aromatic N) is 5. The van der Waals surface area contributed by atoms with Crippen LogP contribution in [0.3, 0.4) is 0 Å². The lowest BCUT2D eigenvalue weighted by Crippen LogP contribution is -2.00. The lowest BCUT2D eigenvalue weighted by molar-refractivity contribution is 1.07. The zero-order chi connectivity index (χ0) is 29.0. The number of halogens is 1. The molecule has 6 heteroatoms. The van der Waals surface area contributed by atoms with Gasteiger partial charge in [-0.25, -0.2) is 24.9 Å². The second kappa shape index (κ2) is 11.8. The molecule has 2 heterocycles. The lowest BCUT2D eigenvalue weighted by Gasteiger charge is -2.12. The van der Waals surface area contributed by atoms with Crippen molar-refractivity contribution in [1.82, 2.24) is 24.9 Å². The minimum atomic E-state index is 0.525. The summed E-state index contributed by atoms with van der Waals surface area (Å²) in [5, 5.41) is 0.552. The maximum atomic E-state index is 6.76. The molecule has 0 amide bonds. The summed E-state index contributed by atoms with van der Waals surface area (Å²) in [5.74, 6) is 2.34. The van der Waals surface area contributed by atoms with Gasteiger partial charge in [0.05, 0.1) is 11.4 Å². The molecule has 2 aromatic heterocycles. The van der Waals surface area contributed by atoms with Crippen LogP contribution in [0.5, 0.6) is 0 Å². The van der Waals surface area contributed by atoms with Crippen LogP contribution >= 0.6 is 11.6 Å². The van der Waals surface area contributed by atoms with Crippen molar-refractivity contribution in [2.24, 2.45) is 0 Å². The lowest BCUT2D eigenvalue weighted by atomic mass is 10.0. The van der Waals surface area contributed by atoms with Crippen molar-refractivity contribution in [2.75, 3.05) is 0 Å². The number of rotatable bonds is 6. The van der Waals surface area contributed by atoms with Gasteiger partial charge in [0.25, 0.3) is 0 Å². The normalized spacial score (nSPS) is 10.9. The summed E-state index contributed by atoms with van der Waals surface area (Å²) in [6, 6.07) is 47.7. The minimum Gasteiger partial charge on any atom is -0.228 e. The largest absolute Gasteiger partial charge is 0.228 e. The highest BCUT2D eigenvalue weighted by Crippen LogP contribution is 2.33. The van der Waals surface area contributed by atoms with Crippen molar-refractivity contribution < 1.29 is 0 Å². The van der Waals surface area contributed by atoms with Crippen molar-refractivity contribution in [1.29, 1.82) is 0 Å². The van der Waals surface area contributed by atoms with Crippen LogP contribution < -0.4 is 0 Å². The number of benzene rings is 5. The van der Waals surface area contributed by atoms with Gasteiger partial charge in [-0.2, -0.15) is 0 Å². The SMILES string of the molecule is Clc1cc(-c2cc(-c3ccccc3)nc(-c3ccccc3)n2)cc(-c2nc(-c3ccccc3)nc(-c3ccccc3)n2)c1. The third-order valence-corrected chi connectivity index (χ3v) is 7.20. The van der Waals surface area contributed by atoms with Crippen molar-refractivity contribution in [2.45, 2.75) is 0 Å². The molecule has 7 aromatic rings. The molecule has 0 saturated carbocycles. The van der Waals surface area contributed by atoms with Gasteiger partial charge < -0.3 is 0 Å². The van der Waals surface area contributed by atoms with Crippen LogP contribution in [0.15, 0.2) is 146 Å². The summed E-state index contributed by atoms with van der Waals surface area (Å²) in [7, 11) is 0. The summed E-state index contributed by atoms with van der Waals surface area (Å²) < 4.78 is 0. The van der Waals surface area contributed by atoms with E-state index in [1.54, 1.807) is 0 Å². The first-order chi connectivity index (χ1) is 21.2. The van der Waals surface area contributed by atoms with E-state index in [9.17, 15) is 0 Å². The zero-order valence-electron chi connectivity index (χ0n) is 23.0. The summed E-state index contributed by atoms with van der Waals surface area (Å²) in [6.45, 7) is 0. The molecule has 0 fully saturated rings. The third kappa shape index (κ3) is 5.80. The van der Waals surface area contributed by atoms with Gasteiger partial charge in [0.15, 0.2) is 23.3 Å². The molecule has 0 aliphatic heterocycles. The Morgan fingerprint density at radius 3 is 1.12 bits per heavy atom. The van der Waals surface area contributed by atoms with Crippen LogP contribution in [0.25, 0.3) is 68.1 Å². The molecule has 0 saturated heterocycles. The van der Waals surface area contributed by atoms with Crippen molar-refractivity contribution in [3.63, 3.8) is 0 Å². The molecule has 0 aliphatic carbocycles. The van der Waals surface area contributed by atoms with E-state index in [4.69, 9.17) is 36.5 Å². The Morgan fingerprint density at radius 1 is 0.302 bits per heavy atom. The van der Waals surface area contributed by atoms with Crippen molar-refractivity contribution in [3.8, 4) is 68.1 Å². The van der Waals surface area contributed by atoms with E-state index in [1.807, 2.05) is 146 Å². The maximum absolute atomic E-state index is 6.76. The van der Waals surface area contributed by atoms with Crippen LogP contribution in [-0.2, 0) is 0 Å². The van der Waals surface area contributed by atoms with E-state index in [1.165, 1.54) is 0 Å². The van der Waals surface area contributed by atoms with Gasteiger partial charge in [-0.1, -0.05) is 133 Å². The Bertz CT molecular complexity index is 1760. The molecule has 5 aromatic carbocycles. The van der Waals surface area contributed by atoms with Crippen LogP contribution in [0.2, 0.25) is 5.02 Å². The van der Waals surface area contributed by atoms with Crippen molar-refractivity contribution >= 4 is 11.6 Å². The monoisotopic (exact) mass is 573 g/mol. The first-order valence-corrected chi connectivity index (χ1v) is 14.3. The maximum Gasteiger partial charge on any atom is 0.164 e. The van der Waals surface area contributed by atoms with Crippen LogP contribution in [-0.4, -0.2) is 24.9 Å². The van der Waals surface area contributed by atoms with E-state index in [2.05, 4.69) is 0 Å². The Kier molecular flexibility index (Phi) is 7.22. The Morgan fingerprint density at radius 2 is 0.651 bits per heavy atom. The highest BCUT2D eigenvalue weighted by Gasteiger charge is 2.16. The predicted molar refractivity (Wildman–Crippen MR) is 173 cm³/mol. The Hall–Kier alpha value is -5.52. The van der Waals surface area contributed by atoms with E-state index in [0.29, 0.717) is 28.3 Å². The highest BCUT2D eigenvalue weighted by atomic mass is 35.5. The first kappa shape index (κ1) is 26.4. The second-order valence-corrected chi connectivity index (χ2v) is 10.4. The Labute approximate surface area is 254 Å². The molecule has 43 heavy (non-hydrogen) atoms. The highest BCUT2D eigenvalue weighted by molar-refractivity contribution is 6.31. The quantitative estimate of drug-likeness (QED) is 0.198.